The van der Waals surface area contributed by atoms with Crippen molar-refractivity contribution in [3.63, 3.8) is 0 Å². The SMILES string of the molecule is Cc1cc(Cl)c(C(F)F)c(Cl)c1. The lowest BCUT2D eigenvalue weighted by Gasteiger charge is -2.06. The van der Waals surface area contributed by atoms with Crippen LogP contribution in [0.2, 0.25) is 10.0 Å². The zero-order valence-electron chi connectivity index (χ0n) is 6.24. The first kappa shape index (κ1) is 9.75. The molecule has 0 N–H and O–H groups in total. The van der Waals surface area contributed by atoms with Crippen LogP contribution >= 0.6 is 23.2 Å². The topological polar surface area (TPSA) is 0 Å². The highest BCUT2D eigenvalue weighted by molar-refractivity contribution is 6.36. The third kappa shape index (κ3) is 1.87. The highest BCUT2D eigenvalue weighted by Gasteiger charge is 2.16. The normalized spacial score (nSPS) is 10.8. The molecule has 0 saturated carbocycles. The van der Waals surface area contributed by atoms with Crippen LogP contribution in [0.15, 0.2) is 12.1 Å². The van der Waals surface area contributed by atoms with E-state index in [1.807, 2.05) is 0 Å². The largest absolute Gasteiger partial charge is 0.266 e. The quantitative estimate of drug-likeness (QED) is 0.651. The van der Waals surface area contributed by atoms with Crippen molar-refractivity contribution in [1.29, 1.82) is 0 Å². The summed E-state index contributed by atoms with van der Waals surface area (Å²) in [6.45, 7) is 1.74. The molecule has 0 radical (unpaired) electrons. The van der Waals surface area contributed by atoms with Crippen LogP contribution in [0.5, 0.6) is 0 Å². The molecule has 1 aromatic rings. The Hall–Kier alpha value is -0.340. The molecule has 0 saturated heterocycles. The Morgan fingerprint density at radius 2 is 1.58 bits per heavy atom. The Kier molecular flexibility index (Phi) is 2.91. The molecule has 0 heterocycles. The van der Waals surface area contributed by atoms with E-state index in [4.69, 9.17) is 23.2 Å². The number of halogens is 4. The van der Waals surface area contributed by atoms with Crippen LogP contribution in [-0.4, -0.2) is 0 Å². The Morgan fingerprint density at radius 1 is 1.17 bits per heavy atom. The van der Waals surface area contributed by atoms with Crippen LogP contribution in [-0.2, 0) is 0 Å². The average Bonchev–Trinajstić information content (AvgIpc) is 1.82. The van der Waals surface area contributed by atoms with Crippen molar-refractivity contribution < 1.29 is 8.78 Å². The van der Waals surface area contributed by atoms with Crippen molar-refractivity contribution in [3.05, 3.63) is 33.3 Å². The third-order valence-electron chi connectivity index (χ3n) is 1.44. The maximum Gasteiger partial charge on any atom is 0.266 e. The number of aryl methyl sites for hydroxylation is 1. The minimum absolute atomic E-state index is 0.0231. The van der Waals surface area contributed by atoms with Crippen molar-refractivity contribution in [3.8, 4) is 0 Å². The molecule has 0 amide bonds. The Labute approximate surface area is 79.1 Å². The van der Waals surface area contributed by atoms with Gasteiger partial charge in [0.15, 0.2) is 0 Å². The van der Waals surface area contributed by atoms with E-state index >= 15 is 0 Å². The van der Waals surface area contributed by atoms with Gasteiger partial charge in [-0.05, 0) is 24.6 Å². The van der Waals surface area contributed by atoms with E-state index in [1.165, 1.54) is 12.1 Å². The molecule has 1 rings (SSSR count). The average molecular weight is 211 g/mol. The Morgan fingerprint density at radius 3 is 1.92 bits per heavy atom. The molecular formula is C8H6Cl2F2. The molecule has 4 heteroatoms. The van der Waals surface area contributed by atoms with E-state index in [9.17, 15) is 8.78 Å². The fourth-order valence-corrected chi connectivity index (χ4v) is 1.68. The number of alkyl halides is 2. The van der Waals surface area contributed by atoms with E-state index in [2.05, 4.69) is 0 Å². The maximum absolute atomic E-state index is 12.3. The smallest absolute Gasteiger partial charge is 0.205 e. The monoisotopic (exact) mass is 210 g/mol. The van der Waals surface area contributed by atoms with Crippen molar-refractivity contribution in [1.82, 2.24) is 0 Å². The molecule has 0 fully saturated rings. The number of rotatable bonds is 1. The van der Waals surface area contributed by atoms with Gasteiger partial charge in [0, 0.05) is 0 Å². The van der Waals surface area contributed by atoms with E-state index in [1.54, 1.807) is 6.92 Å². The minimum atomic E-state index is -2.62. The Balaban J connectivity index is 3.28. The standard InChI is InChI=1S/C8H6Cl2F2/c1-4-2-5(9)7(8(11)12)6(10)3-4/h2-3,8H,1H3. The van der Waals surface area contributed by atoms with Gasteiger partial charge in [0.1, 0.15) is 0 Å². The summed E-state index contributed by atoms with van der Waals surface area (Å²) in [5.74, 6) is 0. The predicted octanol–water partition coefficient (Wildman–Crippen LogP) is 4.24. The van der Waals surface area contributed by atoms with Gasteiger partial charge in [-0.15, -0.1) is 0 Å². The first-order valence-corrected chi connectivity index (χ1v) is 4.01. The minimum Gasteiger partial charge on any atom is -0.205 e. The molecule has 1 aromatic carbocycles. The molecule has 0 bridgehead atoms. The molecular weight excluding hydrogens is 205 g/mol. The molecule has 0 aliphatic heterocycles. The molecule has 0 aliphatic rings. The summed E-state index contributed by atoms with van der Waals surface area (Å²) >= 11 is 11.1. The predicted molar refractivity (Wildman–Crippen MR) is 46.2 cm³/mol. The summed E-state index contributed by atoms with van der Waals surface area (Å²) < 4.78 is 24.5. The fourth-order valence-electron chi connectivity index (χ4n) is 0.919. The summed E-state index contributed by atoms with van der Waals surface area (Å²) in [6.07, 6.45) is -2.62. The van der Waals surface area contributed by atoms with Gasteiger partial charge < -0.3 is 0 Å². The highest BCUT2D eigenvalue weighted by atomic mass is 35.5. The summed E-state index contributed by atoms with van der Waals surface area (Å²) in [4.78, 5) is 0. The number of hydrogen-bond donors (Lipinski definition) is 0. The lowest BCUT2D eigenvalue weighted by atomic mass is 10.1. The highest BCUT2D eigenvalue weighted by Crippen LogP contribution is 2.34. The van der Waals surface area contributed by atoms with Gasteiger partial charge in [0.05, 0.1) is 15.6 Å². The lowest BCUT2D eigenvalue weighted by molar-refractivity contribution is 0.151. The summed E-state index contributed by atoms with van der Waals surface area (Å²) in [6, 6.07) is 2.93. The molecule has 0 atom stereocenters. The first-order chi connectivity index (χ1) is 5.52. The van der Waals surface area contributed by atoms with E-state index < -0.39 is 6.43 Å². The zero-order valence-corrected chi connectivity index (χ0v) is 7.76. The third-order valence-corrected chi connectivity index (χ3v) is 2.07. The lowest BCUT2D eigenvalue weighted by Crippen LogP contribution is -1.88. The van der Waals surface area contributed by atoms with Crippen LogP contribution in [0.3, 0.4) is 0 Å². The van der Waals surface area contributed by atoms with Gasteiger partial charge in [0.2, 0.25) is 0 Å². The van der Waals surface area contributed by atoms with Gasteiger partial charge in [-0.2, -0.15) is 0 Å². The molecule has 12 heavy (non-hydrogen) atoms. The molecule has 0 unspecified atom stereocenters. The molecule has 0 nitrogen and oxygen atoms in total. The summed E-state index contributed by atoms with van der Waals surface area (Å²) in [5.41, 5.74) is 0.485. The Bertz CT molecular complexity index is 274. The second kappa shape index (κ2) is 3.58. The first-order valence-electron chi connectivity index (χ1n) is 3.26. The van der Waals surface area contributed by atoms with E-state index in [0.29, 0.717) is 0 Å². The van der Waals surface area contributed by atoms with Crippen LogP contribution < -0.4 is 0 Å². The van der Waals surface area contributed by atoms with Crippen LogP contribution in [0.4, 0.5) is 8.78 Å². The van der Waals surface area contributed by atoms with Gasteiger partial charge in [-0.25, -0.2) is 8.78 Å². The number of benzene rings is 1. The van der Waals surface area contributed by atoms with Gasteiger partial charge in [-0.1, -0.05) is 23.2 Å². The second-order valence-corrected chi connectivity index (χ2v) is 3.26. The van der Waals surface area contributed by atoms with Crippen LogP contribution in [0.25, 0.3) is 0 Å². The maximum atomic E-state index is 12.3. The van der Waals surface area contributed by atoms with Gasteiger partial charge in [-0.3, -0.25) is 0 Å². The molecule has 0 aliphatic carbocycles. The number of hydrogen-bond acceptors (Lipinski definition) is 0. The van der Waals surface area contributed by atoms with Crippen molar-refractivity contribution >= 4 is 23.2 Å². The summed E-state index contributed by atoms with van der Waals surface area (Å²) in [7, 11) is 0. The van der Waals surface area contributed by atoms with Crippen molar-refractivity contribution in [2.75, 3.05) is 0 Å². The van der Waals surface area contributed by atoms with Crippen molar-refractivity contribution in [2.24, 2.45) is 0 Å². The van der Waals surface area contributed by atoms with Gasteiger partial charge >= 0.3 is 0 Å². The van der Waals surface area contributed by atoms with Crippen LogP contribution in [0, 0.1) is 6.92 Å². The molecule has 0 aromatic heterocycles. The fraction of sp³-hybridized carbons (Fsp3) is 0.250. The van der Waals surface area contributed by atoms with Crippen LogP contribution in [0.1, 0.15) is 17.6 Å². The van der Waals surface area contributed by atoms with E-state index in [-0.39, 0.29) is 15.6 Å². The van der Waals surface area contributed by atoms with Crippen molar-refractivity contribution in [2.45, 2.75) is 13.3 Å². The molecule has 66 valence electrons. The van der Waals surface area contributed by atoms with E-state index in [0.717, 1.165) is 5.56 Å². The zero-order chi connectivity index (χ0) is 9.30. The molecule has 0 spiro atoms. The van der Waals surface area contributed by atoms with Gasteiger partial charge in [0.25, 0.3) is 6.43 Å². The summed E-state index contributed by atoms with van der Waals surface area (Å²) in [5, 5.41) is 0.0463. The second-order valence-electron chi connectivity index (χ2n) is 2.44.